The highest BCUT2D eigenvalue weighted by molar-refractivity contribution is 4.85. The Morgan fingerprint density at radius 3 is 1.73 bits per heavy atom. The third-order valence-corrected chi connectivity index (χ3v) is 5.55. The molecular formula is C16H29N3O3. The van der Waals surface area contributed by atoms with E-state index in [-0.39, 0.29) is 12.5 Å². The van der Waals surface area contributed by atoms with Crippen LogP contribution in [0.5, 0.6) is 0 Å². The Kier molecular flexibility index (Phi) is 4.66. The van der Waals surface area contributed by atoms with E-state index in [1.54, 1.807) is 0 Å². The molecule has 3 atom stereocenters. The van der Waals surface area contributed by atoms with Crippen LogP contribution in [0.15, 0.2) is 0 Å². The predicted octanol–water partition coefficient (Wildman–Crippen LogP) is 1.43. The third kappa shape index (κ3) is 2.92. The highest BCUT2D eigenvalue weighted by Gasteiger charge is 2.43. The second-order valence-corrected chi connectivity index (χ2v) is 6.98. The van der Waals surface area contributed by atoms with Crippen molar-refractivity contribution in [3.05, 3.63) is 0 Å². The molecule has 0 bridgehead atoms. The number of nitrogens with zero attached hydrogens (tertiary/aromatic N) is 3. The van der Waals surface area contributed by atoms with Gasteiger partial charge in [0.1, 0.15) is 12.5 Å². The lowest BCUT2D eigenvalue weighted by atomic mass is 9.98. The fourth-order valence-corrected chi connectivity index (χ4v) is 4.33. The standard InChI is InChI=1S/C16H29N3O3/c1-17-18(15-6-3-9-21-15)11-13(14-5-2-8-20-14)12-19(17)16-7-4-10-22-16/h13-16H,2-12H2,1H3. The monoisotopic (exact) mass is 311 g/mol. The lowest BCUT2D eigenvalue weighted by molar-refractivity contribution is -0.304. The fraction of sp³-hybridized carbons (Fsp3) is 1.00. The summed E-state index contributed by atoms with van der Waals surface area (Å²) in [5, 5.41) is 7.09. The summed E-state index contributed by atoms with van der Waals surface area (Å²) >= 11 is 0. The summed E-state index contributed by atoms with van der Waals surface area (Å²) in [5.41, 5.74) is 0. The molecule has 0 spiro atoms. The summed E-state index contributed by atoms with van der Waals surface area (Å²) in [6.45, 7) is 4.78. The number of hydrogen-bond acceptors (Lipinski definition) is 6. The highest BCUT2D eigenvalue weighted by atomic mass is 16.5. The van der Waals surface area contributed by atoms with Gasteiger partial charge in [0.2, 0.25) is 0 Å². The number of ether oxygens (including phenoxy) is 3. The van der Waals surface area contributed by atoms with Crippen LogP contribution in [0.1, 0.15) is 38.5 Å². The molecule has 4 aliphatic rings. The van der Waals surface area contributed by atoms with Gasteiger partial charge in [-0.15, -0.1) is 0 Å². The molecule has 22 heavy (non-hydrogen) atoms. The summed E-state index contributed by atoms with van der Waals surface area (Å²) in [4.78, 5) is 0. The van der Waals surface area contributed by atoms with E-state index in [2.05, 4.69) is 22.2 Å². The Morgan fingerprint density at radius 1 is 0.727 bits per heavy atom. The van der Waals surface area contributed by atoms with Crippen LogP contribution in [0, 0.1) is 5.92 Å². The van der Waals surface area contributed by atoms with Crippen LogP contribution in [0.2, 0.25) is 0 Å². The van der Waals surface area contributed by atoms with Gasteiger partial charge < -0.3 is 14.2 Å². The average Bonchev–Trinajstić information content (AvgIpc) is 3.29. The van der Waals surface area contributed by atoms with Crippen LogP contribution in [-0.4, -0.2) is 73.7 Å². The minimum atomic E-state index is 0.220. The maximum Gasteiger partial charge on any atom is 0.124 e. The van der Waals surface area contributed by atoms with Gasteiger partial charge in [0.05, 0.1) is 6.10 Å². The summed E-state index contributed by atoms with van der Waals surface area (Å²) in [6.07, 6.45) is 7.84. The van der Waals surface area contributed by atoms with Crippen LogP contribution in [0.3, 0.4) is 0 Å². The maximum atomic E-state index is 6.00. The van der Waals surface area contributed by atoms with Gasteiger partial charge in [-0.2, -0.15) is 15.1 Å². The highest BCUT2D eigenvalue weighted by Crippen LogP contribution is 2.32. The van der Waals surface area contributed by atoms with Gasteiger partial charge in [0.25, 0.3) is 0 Å². The van der Waals surface area contributed by atoms with E-state index in [1.807, 2.05) is 0 Å². The summed E-state index contributed by atoms with van der Waals surface area (Å²) < 4.78 is 17.9. The van der Waals surface area contributed by atoms with Crippen molar-refractivity contribution in [2.75, 3.05) is 40.0 Å². The van der Waals surface area contributed by atoms with Crippen LogP contribution < -0.4 is 0 Å². The Bertz CT molecular complexity index is 340. The van der Waals surface area contributed by atoms with Crippen molar-refractivity contribution >= 4 is 0 Å². The van der Waals surface area contributed by atoms with Crippen molar-refractivity contribution in [3.63, 3.8) is 0 Å². The molecule has 3 unspecified atom stereocenters. The van der Waals surface area contributed by atoms with Gasteiger partial charge in [-0.1, -0.05) is 0 Å². The SMILES string of the molecule is CN1N(C2CCCO2)CC(C2CCCO2)CN1C1CCCO1. The van der Waals surface area contributed by atoms with Crippen molar-refractivity contribution in [2.45, 2.75) is 57.1 Å². The minimum Gasteiger partial charge on any atom is -0.378 e. The molecule has 0 aromatic heterocycles. The van der Waals surface area contributed by atoms with Crippen LogP contribution in [0.25, 0.3) is 0 Å². The first-order chi connectivity index (χ1) is 10.8. The lowest BCUT2D eigenvalue weighted by Crippen LogP contribution is -2.65. The second-order valence-electron chi connectivity index (χ2n) is 6.98. The quantitative estimate of drug-likeness (QED) is 0.785. The van der Waals surface area contributed by atoms with Gasteiger partial charge in [0, 0.05) is 45.9 Å². The number of hydrogen-bond donors (Lipinski definition) is 0. The average molecular weight is 311 g/mol. The molecule has 6 heteroatoms. The molecule has 0 aromatic carbocycles. The molecule has 6 nitrogen and oxygen atoms in total. The Balaban J connectivity index is 1.51. The second kappa shape index (κ2) is 6.71. The molecule has 4 heterocycles. The smallest absolute Gasteiger partial charge is 0.124 e. The van der Waals surface area contributed by atoms with E-state index in [1.165, 1.54) is 25.7 Å². The number of hydrazine groups is 2. The maximum absolute atomic E-state index is 6.00. The molecule has 0 aromatic rings. The third-order valence-electron chi connectivity index (χ3n) is 5.55. The van der Waals surface area contributed by atoms with Crippen molar-refractivity contribution in [1.82, 2.24) is 15.1 Å². The molecule has 0 saturated carbocycles. The van der Waals surface area contributed by atoms with Gasteiger partial charge in [0.15, 0.2) is 0 Å². The first-order valence-corrected chi connectivity index (χ1v) is 8.94. The molecule has 0 N–H and O–H groups in total. The zero-order chi connectivity index (χ0) is 14.9. The van der Waals surface area contributed by atoms with Gasteiger partial charge in [-0.25, -0.2) is 0 Å². The van der Waals surface area contributed by atoms with Crippen molar-refractivity contribution in [2.24, 2.45) is 5.92 Å². The molecule has 4 fully saturated rings. The molecule has 4 aliphatic heterocycles. The predicted molar refractivity (Wildman–Crippen MR) is 81.6 cm³/mol. The van der Waals surface area contributed by atoms with E-state index in [4.69, 9.17) is 14.2 Å². The largest absolute Gasteiger partial charge is 0.378 e. The molecule has 0 radical (unpaired) electrons. The van der Waals surface area contributed by atoms with Crippen LogP contribution in [-0.2, 0) is 14.2 Å². The van der Waals surface area contributed by atoms with E-state index in [0.717, 1.165) is 45.8 Å². The Hall–Kier alpha value is -0.240. The van der Waals surface area contributed by atoms with Crippen LogP contribution in [0.4, 0.5) is 0 Å². The van der Waals surface area contributed by atoms with Crippen molar-refractivity contribution in [3.8, 4) is 0 Å². The summed E-state index contributed by atoms with van der Waals surface area (Å²) in [5.74, 6) is 0.548. The Labute approximate surface area is 133 Å². The molecule has 4 rings (SSSR count). The van der Waals surface area contributed by atoms with Crippen molar-refractivity contribution < 1.29 is 14.2 Å². The normalized spacial score (nSPS) is 42.4. The molecule has 126 valence electrons. The molecular weight excluding hydrogens is 282 g/mol. The molecule has 0 aliphatic carbocycles. The van der Waals surface area contributed by atoms with Crippen LogP contribution >= 0.6 is 0 Å². The van der Waals surface area contributed by atoms with E-state index in [9.17, 15) is 0 Å². The first kappa shape index (κ1) is 15.3. The Morgan fingerprint density at radius 2 is 1.27 bits per heavy atom. The molecule has 0 amide bonds. The van der Waals surface area contributed by atoms with Crippen molar-refractivity contribution in [1.29, 1.82) is 0 Å². The lowest BCUT2D eigenvalue weighted by Gasteiger charge is -2.51. The van der Waals surface area contributed by atoms with Gasteiger partial charge in [-0.05, 0) is 38.5 Å². The summed E-state index contributed by atoms with van der Waals surface area (Å²) in [7, 11) is 2.16. The van der Waals surface area contributed by atoms with E-state index < -0.39 is 0 Å². The summed E-state index contributed by atoms with van der Waals surface area (Å²) in [6, 6.07) is 0. The van der Waals surface area contributed by atoms with Gasteiger partial charge in [-0.3, -0.25) is 0 Å². The zero-order valence-electron chi connectivity index (χ0n) is 13.7. The molecule has 4 saturated heterocycles. The zero-order valence-corrected chi connectivity index (χ0v) is 13.7. The van der Waals surface area contributed by atoms with Gasteiger partial charge >= 0.3 is 0 Å². The fourth-order valence-electron chi connectivity index (χ4n) is 4.33. The minimum absolute atomic E-state index is 0.220. The topological polar surface area (TPSA) is 37.4 Å². The van der Waals surface area contributed by atoms with E-state index in [0.29, 0.717) is 12.0 Å². The van der Waals surface area contributed by atoms with E-state index >= 15 is 0 Å². The number of rotatable bonds is 3. The first-order valence-electron chi connectivity index (χ1n) is 8.94.